The van der Waals surface area contributed by atoms with Crippen LogP contribution < -0.4 is 0 Å². The number of phenols is 1. The lowest BCUT2D eigenvalue weighted by Gasteiger charge is -2.23. The molecule has 1 N–H and O–H groups in total. The number of phenolic OH excluding ortho intramolecular Hbond substituents is 1. The molecule has 13 heavy (non-hydrogen) atoms. The van der Waals surface area contributed by atoms with E-state index in [1.165, 1.54) is 18.2 Å². The summed E-state index contributed by atoms with van der Waals surface area (Å²) in [6.45, 7) is 3.88. The number of benzene rings is 1. The van der Waals surface area contributed by atoms with Gasteiger partial charge in [-0.2, -0.15) is 0 Å². The Morgan fingerprint density at radius 3 is 2.62 bits per heavy atom. The van der Waals surface area contributed by atoms with Gasteiger partial charge in [-0.1, -0.05) is 29.8 Å². The third-order valence-electron chi connectivity index (χ3n) is 2.02. The first-order chi connectivity index (χ1) is 5.97. The largest absolute Gasteiger partial charge is 0.508 e. The molecule has 0 saturated carbocycles. The molecule has 1 nitrogen and oxygen atoms in total. The average molecular weight is 247 g/mol. The fourth-order valence-corrected chi connectivity index (χ4v) is 1.42. The van der Waals surface area contributed by atoms with Crippen LogP contribution in [0.3, 0.4) is 0 Å². The Kier molecular flexibility index (Phi) is 2.96. The number of rotatable bonds is 2. The predicted octanol–water partition coefficient (Wildman–Crippen LogP) is 3.20. The van der Waals surface area contributed by atoms with Gasteiger partial charge in [0.05, 0.1) is 0 Å². The molecule has 0 heterocycles. The summed E-state index contributed by atoms with van der Waals surface area (Å²) in [5.41, 5.74) is 0.371. The smallest absolute Gasteiger partial charge is 0.123 e. The highest BCUT2D eigenvalue weighted by Crippen LogP contribution is 2.32. The van der Waals surface area contributed by atoms with E-state index in [1.54, 1.807) is 0 Å². The third-order valence-corrected chi connectivity index (χ3v) is 3.42. The minimum Gasteiger partial charge on any atom is -0.508 e. The van der Waals surface area contributed by atoms with Crippen molar-refractivity contribution in [3.8, 4) is 5.75 Å². The minimum absolute atomic E-state index is 0.144. The molecule has 0 amide bonds. The Hall–Kier alpha value is -0.570. The first-order valence-corrected chi connectivity index (χ1v) is 5.14. The second kappa shape index (κ2) is 3.66. The van der Waals surface area contributed by atoms with Gasteiger partial charge < -0.3 is 5.11 Å². The number of alkyl halides is 1. The van der Waals surface area contributed by atoms with Crippen LogP contribution in [0.2, 0.25) is 0 Å². The van der Waals surface area contributed by atoms with Crippen molar-refractivity contribution in [2.24, 2.45) is 0 Å². The normalized spacial score (nSPS) is 11.7. The van der Waals surface area contributed by atoms with E-state index in [0.29, 0.717) is 10.9 Å². The maximum atomic E-state index is 12.9. The summed E-state index contributed by atoms with van der Waals surface area (Å²) in [5, 5.41) is 10.2. The molecule has 1 rings (SSSR count). The van der Waals surface area contributed by atoms with Crippen LogP contribution in [0, 0.1) is 5.82 Å². The maximum Gasteiger partial charge on any atom is 0.123 e. The second-order valence-electron chi connectivity index (χ2n) is 3.68. The van der Waals surface area contributed by atoms with Crippen LogP contribution in [0.15, 0.2) is 18.2 Å². The Morgan fingerprint density at radius 1 is 1.46 bits per heavy atom. The summed E-state index contributed by atoms with van der Waals surface area (Å²) in [7, 11) is 0. The fraction of sp³-hybridized carbons (Fsp3) is 0.400. The monoisotopic (exact) mass is 246 g/mol. The molecule has 0 aliphatic rings. The zero-order valence-corrected chi connectivity index (χ0v) is 9.23. The van der Waals surface area contributed by atoms with Crippen LogP contribution in [0.4, 0.5) is 4.39 Å². The van der Waals surface area contributed by atoms with Gasteiger partial charge in [-0.15, -0.1) is 0 Å². The number of hydrogen-bond acceptors (Lipinski definition) is 1. The molecule has 0 spiro atoms. The number of aromatic hydroxyl groups is 1. The molecule has 0 unspecified atom stereocenters. The maximum absolute atomic E-state index is 12.9. The SMILES string of the molecule is CC(C)(CBr)c1cc(F)ccc1O. The quantitative estimate of drug-likeness (QED) is 0.795. The molecular weight excluding hydrogens is 235 g/mol. The van der Waals surface area contributed by atoms with E-state index in [1.807, 2.05) is 13.8 Å². The standard InChI is InChI=1S/C10H12BrFO/c1-10(2,6-11)8-5-7(12)3-4-9(8)13/h3-5,13H,6H2,1-2H3. The lowest BCUT2D eigenvalue weighted by molar-refractivity contribution is 0.445. The van der Waals surface area contributed by atoms with Crippen LogP contribution in [0.1, 0.15) is 19.4 Å². The Labute approximate surface area is 85.7 Å². The first-order valence-electron chi connectivity index (χ1n) is 4.02. The number of hydrogen-bond donors (Lipinski definition) is 1. The molecule has 0 aromatic heterocycles. The fourth-order valence-electron chi connectivity index (χ4n) is 1.12. The summed E-state index contributed by atoms with van der Waals surface area (Å²) >= 11 is 3.33. The van der Waals surface area contributed by atoms with Crippen LogP contribution >= 0.6 is 15.9 Å². The van der Waals surface area contributed by atoms with Crippen molar-refractivity contribution in [1.82, 2.24) is 0 Å². The predicted molar refractivity (Wildman–Crippen MR) is 54.9 cm³/mol. The summed E-state index contributed by atoms with van der Waals surface area (Å²) in [6.07, 6.45) is 0. The van der Waals surface area contributed by atoms with Crippen molar-refractivity contribution >= 4 is 15.9 Å². The van der Waals surface area contributed by atoms with Crippen LogP contribution in [-0.4, -0.2) is 10.4 Å². The van der Waals surface area contributed by atoms with Gasteiger partial charge in [0, 0.05) is 16.3 Å². The van der Waals surface area contributed by atoms with Gasteiger partial charge in [0.2, 0.25) is 0 Å². The topological polar surface area (TPSA) is 20.2 Å². The molecule has 0 radical (unpaired) electrons. The van der Waals surface area contributed by atoms with E-state index >= 15 is 0 Å². The molecule has 0 atom stereocenters. The Balaban J connectivity index is 3.20. The molecule has 3 heteroatoms. The van der Waals surface area contributed by atoms with Gasteiger partial charge in [0.15, 0.2) is 0 Å². The average Bonchev–Trinajstić information content (AvgIpc) is 2.09. The van der Waals surface area contributed by atoms with E-state index in [4.69, 9.17) is 0 Å². The first kappa shape index (κ1) is 10.5. The van der Waals surface area contributed by atoms with Gasteiger partial charge in [-0.25, -0.2) is 4.39 Å². The molecule has 0 aliphatic carbocycles. The van der Waals surface area contributed by atoms with Crippen LogP contribution in [-0.2, 0) is 5.41 Å². The van der Waals surface area contributed by atoms with Crippen molar-refractivity contribution in [3.63, 3.8) is 0 Å². The summed E-state index contributed by atoms with van der Waals surface area (Å²) in [4.78, 5) is 0. The molecule has 0 fully saturated rings. The zero-order chi connectivity index (χ0) is 10.1. The molecule has 0 saturated heterocycles. The van der Waals surface area contributed by atoms with Gasteiger partial charge in [-0.05, 0) is 18.2 Å². The summed E-state index contributed by atoms with van der Waals surface area (Å²) in [5.74, 6) is -0.173. The highest BCUT2D eigenvalue weighted by atomic mass is 79.9. The van der Waals surface area contributed by atoms with E-state index in [-0.39, 0.29) is 17.0 Å². The second-order valence-corrected chi connectivity index (χ2v) is 4.24. The van der Waals surface area contributed by atoms with E-state index in [2.05, 4.69) is 15.9 Å². The molecule has 1 aromatic carbocycles. The Morgan fingerprint density at radius 2 is 2.08 bits per heavy atom. The van der Waals surface area contributed by atoms with Crippen molar-refractivity contribution in [2.45, 2.75) is 19.3 Å². The molecular formula is C10H12BrFO. The van der Waals surface area contributed by atoms with Crippen molar-refractivity contribution in [1.29, 1.82) is 0 Å². The van der Waals surface area contributed by atoms with E-state index in [0.717, 1.165) is 0 Å². The number of halogens is 2. The molecule has 72 valence electrons. The molecule has 0 bridgehead atoms. The van der Waals surface area contributed by atoms with Gasteiger partial charge in [-0.3, -0.25) is 0 Å². The van der Waals surface area contributed by atoms with Crippen LogP contribution in [0.25, 0.3) is 0 Å². The third kappa shape index (κ3) is 2.21. The van der Waals surface area contributed by atoms with Gasteiger partial charge in [0.1, 0.15) is 11.6 Å². The van der Waals surface area contributed by atoms with Crippen LogP contribution in [0.5, 0.6) is 5.75 Å². The van der Waals surface area contributed by atoms with Crippen molar-refractivity contribution in [2.75, 3.05) is 5.33 Å². The Bertz CT molecular complexity index is 310. The van der Waals surface area contributed by atoms with Gasteiger partial charge in [0.25, 0.3) is 0 Å². The van der Waals surface area contributed by atoms with Crippen molar-refractivity contribution < 1.29 is 9.50 Å². The summed E-state index contributed by atoms with van der Waals surface area (Å²) in [6, 6.07) is 4.01. The van der Waals surface area contributed by atoms with E-state index < -0.39 is 0 Å². The zero-order valence-electron chi connectivity index (χ0n) is 7.64. The van der Waals surface area contributed by atoms with Crippen molar-refractivity contribution in [3.05, 3.63) is 29.6 Å². The lowest BCUT2D eigenvalue weighted by atomic mass is 9.86. The minimum atomic E-state index is -0.318. The molecule has 0 aliphatic heterocycles. The van der Waals surface area contributed by atoms with Gasteiger partial charge >= 0.3 is 0 Å². The highest BCUT2D eigenvalue weighted by molar-refractivity contribution is 9.09. The highest BCUT2D eigenvalue weighted by Gasteiger charge is 2.22. The lowest BCUT2D eigenvalue weighted by Crippen LogP contribution is -2.19. The van der Waals surface area contributed by atoms with E-state index in [9.17, 15) is 9.50 Å². The molecule has 1 aromatic rings. The summed E-state index contributed by atoms with van der Waals surface area (Å²) < 4.78 is 12.9.